The Hall–Kier alpha value is -2.77. The highest BCUT2D eigenvalue weighted by Crippen LogP contribution is 2.37. The molecule has 3 amide bonds. The summed E-state index contributed by atoms with van der Waals surface area (Å²) in [6, 6.07) is 4.37. The van der Waals surface area contributed by atoms with Crippen LogP contribution in [0.4, 0.5) is 11.4 Å². The summed E-state index contributed by atoms with van der Waals surface area (Å²) in [5.41, 5.74) is 0.529. The van der Waals surface area contributed by atoms with E-state index in [0.29, 0.717) is 24.1 Å². The van der Waals surface area contributed by atoms with E-state index >= 15 is 0 Å². The van der Waals surface area contributed by atoms with Crippen LogP contribution in [0.25, 0.3) is 0 Å². The highest BCUT2D eigenvalue weighted by molar-refractivity contribution is 6.08. The fourth-order valence-electron chi connectivity index (χ4n) is 3.68. The second-order valence-corrected chi connectivity index (χ2v) is 6.52. The molecule has 1 heterocycles. The van der Waals surface area contributed by atoms with Crippen LogP contribution in [-0.4, -0.2) is 34.1 Å². The molecule has 1 saturated carbocycles. The fraction of sp³-hybridized carbons (Fsp3) is 0.471. The predicted molar refractivity (Wildman–Crippen MR) is 88.6 cm³/mol. The SMILES string of the molecule is Cc1c(NC(=O)CN2C(=O)C3CCCCC3C2=O)cccc1[N+](=O)[O-]. The second-order valence-electron chi connectivity index (χ2n) is 6.52. The Morgan fingerprint density at radius 3 is 2.40 bits per heavy atom. The number of rotatable bonds is 4. The van der Waals surface area contributed by atoms with Crippen molar-refractivity contribution in [1.82, 2.24) is 4.90 Å². The van der Waals surface area contributed by atoms with Gasteiger partial charge in [-0.2, -0.15) is 0 Å². The Bertz CT molecular complexity index is 737. The number of carbonyl (C=O) groups excluding carboxylic acids is 3. The molecule has 132 valence electrons. The van der Waals surface area contributed by atoms with Gasteiger partial charge >= 0.3 is 0 Å². The number of nitrogens with one attached hydrogen (secondary N) is 1. The van der Waals surface area contributed by atoms with Gasteiger partial charge in [0.1, 0.15) is 6.54 Å². The van der Waals surface area contributed by atoms with E-state index in [0.717, 1.165) is 17.7 Å². The molecule has 0 aromatic heterocycles. The van der Waals surface area contributed by atoms with Crippen LogP contribution >= 0.6 is 0 Å². The Balaban J connectivity index is 1.71. The van der Waals surface area contributed by atoms with E-state index < -0.39 is 10.8 Å². The number of hydrogen-bond acceptors (Lipinski definition) is 5. The van der Waals surface area contributed by atoms with Crippen molar-refractivity contribution >= 4 is 29.1 Å². The third kappa shape index (κ3) is 3.11. The summed E-state index contributed by atoms with van der Waals surface area (Å²) in [6.07, 6.45) is 3.23. The number of hydrogen-bond donors (Lipinski definition) is 1. The van der Waals surface area contributed by atoms with Crippen LogP contribution in [0.2, 0.25) is 0 Å². The zero-order valence-electron chi connectivity index (χ0n) is 13.9. The van der Waals surface area contributed by atoms with Gasteiger partial charge in [0.25, 0.3) is 5.69 Å². The van der Waals surface area contributed by atoms with Crippen molar-refractivity contribution in [3.63, 3.8) is 0 Å². The van der Waals surface area contributed by atoms with E-state index in [2.05, 4.69) is 5.32 Å². The van der Waals surface area contributed by atoms with E-state index in [1.807, 2.05) is 0 Å². The van der Waals surface area contributed by atoms with Crippen LogP contribution in [0.1, 0.15) is 31.2 Å². The molecule has 0 radical (unpaired) electrons. The van der Waals surface area contributed by atoms with Crippen molar-refractivity contribution in [2.24, 2.45) is 11.8 Å². The van der Waals surface area contributed by atoms with Gasteiger partial charge in [-0.3, -0.25) is 29.4 Å². The number of benzene rings is 1. The maximum atomic E-state index is 12.4. The van der Waals surface area contributed by atoms with Crippen LogP contribution in [0.3, 0.4) is 0 Å². The zero-order valence-corrected chi connectivity index (χ0v) is 13.9. The van der Waals surface area contributed by atoms with E-state index in [9.17, 15) is 24.5 Å². The number of fused-ring (bicyclic) bond motifs is 1. The molecule has 8 nitrogen and oxygen atoms in total. The largest absolute Gasteiger partial charge is 0.324 e. The minimum absolute atomic E-state index is 0.0999. The number of anilines is 1. The first kappa shape index (κ1) is 17.1. The van der Waals surface area contributed by atoms with Gasteiger partial charge in [0, 0.05) is 6.07 Å². The average molecular weight is 345 g/mol. The third-order valence-electron chi connectivity index (χ3n) is 5.01. The molecule has 2 fully saturated rings. The normalized spacial score (nSPS) is 22.7. The molecule has 1 aliphatic heterocycles. The van der Waals surface area contributed by atoms with Crippen molar-refractivity contribution in [2.45, 2.75) is 32.6 Å². The quantitative estimate of drug-likeness (QED) is 0.510. The van der Waals surface area contributed by atoms with E-state index in [1.165, 1.54) is 19.1 Å². The standard InChI is InChI=1S/C17H19N3O5/c1-10-13(7-4-8-14(10)20(24)25)18-15(21)9-19-16(22)11-5-2-3-6-12(11)17(19)23/h4,7-8,11-12H,2-3,5-6,9H2,1H3,(H,18,21). The van der Waals surface area contributed by atoms with Crippen LogP contribution in [0.15, 0.2) is 18.2 Å². The molecule has 1 aromatic carbocycles. The monoisotopic (exact) mass is 345 g/mol. The van der Waals surface area contributed by atoms with Gasteiger partial charge in [-0.15, -0.1) is 0 Å². The van der Waals surface area contributed by atoms with Gasteiger partial charge < -0.3 is 5.32 Å². The summed E-state index contributed by atoms with van der Waals surface area (Å²) in [4.78, 5) is 48.5. The summed E-state index contributed by atoms with van der Waals surface area (Å²) in [5, 5.41) is 13.5. The molecule has 1 N–H and O–H groups in total. The number of nitro groups is 1. The topological polar surface area (TPSA) is 110 Å². The van der Waals surface area contributed by atoms with Crippen LogP contribution < -0.4 is 5.32 Å². The number of amides is 3. The minimum Gasteiger partial charge on any atom is -0.324 e. The van der Waals surface area contributed by atoms with E-state index in [1.54, 1.807) is 6.07 Å². The maximum absolute atomic E-state index is 12.4. The first-order chi connectivity index (χ1) is 11.9. The van der Waals surface area contributed by atoms with Crippen molar-refractivity contribution in [1.29, 1.82) is 0 Å². The van der Waals surface area contributed by atoms with Crippen molar-refractivity contribution in [3.05, 3.63) is 33.9 Å². The summed E-state index contributed by atoms with van der Waals surface area (Å²) >= 11 is 0. The lowest BCUT2D eigenvalue weighted by atomic mass is 9.81. The fourth-order valence-corrected chi connectivity index (χ4v) is 3.68. The second kappa shape index (κ2) is 6.62. The molecule has 3 rings (SSSR count). The Labute approximate surface area is 144 Å². The molecule has 2 atom stereocenters. The first-order valence-electron chi connectivity index (χ1n) is 8.29. The number of nitro benzene ring substituents is 1. The Kier molecular flexibility index (Phi) is 4.52. The van der Waals surface area contributed by atoms with Gasteiger partial charge in [0.05, 0.1) is 28.0 Å². The predicted octanol–water partition coefficient (Wildman–Crippen LogP) is 2.02. The van der Waals surface area contributed by atoms with E-state index in [4.69, 9.17) is 0 Å². The summed E-state index contributed by atoms with van der Waals surface area (Å²) in [5.74, 6) is -1.69. The number of nitrogens with zero attached hydrogens (tertiary/aromatic N) is 2. The lowest BCUT2D eigenvalue weighted by molar-refractivity contribution is -0.385. The highest BCUT2D eigenvalue weighted by Gasteiger charge is 2.48. The minimum atomic E-state index is -0.538. The molecule has 25 heavy (non-hydrogen) atoms. The Morgan fingerprint density at radius 2 is 1.84 bits per heavy atom. The van der Waals surface area contributed by atoms with Crippen LogP contribution in [0.5, 0.6) is 0 Å². The summed E-state index contributed by atoms with van der Waals surface area (Å²) in [6.45, 7) is 1.18. The van der Waals surface area contributed by atoms with Crippen molar-refractivity contribution < 1.29 is 19.3 Å². The maximum Gasteiger partial charge on any atom is 0.274 e. The van der Waals surface area contributed by atoms with E-state index in [-0.39, 0.29) is 35.9 Å². The summed E-state index contributed by atoms with van der Waals surface area (Å²) < 4.78 is 0. The lowest BCUT2D eigenvalue weighted by Crippen LogP contribution is -2.38. The molecule has 2 aliphatic rings. The van der Waals surface area contributed by atoms with Gasteiger partial charge in [-0.1, -0.05) is 18.9 Å². The highest BCUT2D eigenvalue weighted by atomic mass is 16.6. The number of likely N-dealkylation sites (tertiary alicyclic amines) is 1. The van der Waals surface area contributed by atoms with Crippen LogP contribution in [0, 0.1) is 28.9 Å². The van der Waals surface area contributed by atoms with Gasteiger partial charge in [0.15, 0.2) is 0 Å². The molecule has 1 aromatic rings. The lowest BCUT2D eigenvalue weighted by Gasteiger charge is -2.19. The third-order valence-corrected chi connectivity index (χ3v) is 5.01. The molecule has 1 saturated heterocycles. The molecular formula is C17H19N3O5. The average Bonchev–Trinajstić information content (AvgIpc) is 2.82. The molecule has 0 spiro atoms. The molecule has 0 bridgehead atoms. The smallest absolute Gasteiger partial charge is 0.274 e. The molecule has 2 unspecified atom stereocenters. The number of imide groups is 1. The van der Waals surface area contributed by atoms with Gasteiger partial charge in [0.2, 0.25) is 17.7 Å². The number of carbonyl (C=O) groups is 3. The Morgan fingerprint density at radius 1 is 1.24 bits per heavy atom. The van der Waals surface area contributed by atoms with Gasteiger partial charge in [-0.05, 0) is 25.8 Å². The molecule has 1 aliphatic carbocycles. The zero-order chi connectivity index (χ0) is 18.1. The van der Waals surface area contributed by atoms with Gasteiger partial charge in [-0.25, -0.2) is 0 Å². The van der Waals surface area contributed by atoms with Crippen LogP contribution in [-0.2, 0) is 14.4 Å². The molecule has 8 heteroatoms. The first-order valence-corrected chi connectivity index (χ1v) is 8.29. The summed E-state index contributed by atoms with van der Waals surface area (Å²) in [7, 11) is 0. The van der Waals surface area contributed by atoms with Crippen molar-refractivity contribution in [2.75, 3.05) is 11.9 Å². The molecular weight excluding hydrogens is 326 g/mol. The van der Waals surface area contributed by atoms with Crippen molar-refractivity contribution in [3.8, 4) is 0 Å².